The van der Waals surface area contributed by atoms with Gasteiger partial charge in [0.05, 0.1) is 11.1 Å². The van der Waals surface area contributed by atoms with Gasteiger partial charge in [-0.2, -0.15) is 5.10 Å². The summed E-state index contributed by atoms with van der Waals surface area (Å²) < 4.78 is 10.4. The number of ether oxygens (including phenoxy) is 1. The lowest BCUT2D eigenvalue weighted by molar-refractivity contribution is -0.386. The molecule has 11 nitrogen and oxygen atoms in total. The maximum atomic E-state index is 12.0. The Morgan fingerprint density at radius 1 is 1.35 bits per heavy atom. The van der Waals surface area contributed by atoms with E-state index < -0.39 is 10.8 Å². The van der Waals surface area contributed by atoms with Gasteiger partial charge in [-0.25, -0.2) is 10.1 Å². The second-order valence-electron chi connectivity index (χ2n) is 5.82. The van der Waals surface area contributed by atoms with Crippen LogP contribution in [0.25, 0.3) is 0 Å². The highest BCUT2D eigenvalue weighted by Gasteiger charge is 2.21. The van der Waals surface area contributed by atoms with E-state index in [0.29, 0.717) is 20.1 Å². The Kier molecular flexibility index (Phi) is 7.05. The number of hydrogen-bond acceptors (Lipinski definition) is 9. The lowest BCUT2D eigenvalue weighted by Gasteiger charge is -2.11. The van der Waals surface area contributed by atoms with Gasteiger partial charge in [0.25, 0.3) is 5.91 Å². The summed E-state index contributed by atoms with van der Waals surface area (Å²) in [5, 5.41) is 22.7. The zero-order chi connectivity index (χ0) is 22.5. The van der Waals surface area contributed by atoms with Gasteiger partial charge in [0, 0.05) is 31.7 Å². The van der Waals surface area contributed by atoms with Gasteiger partial charge in [-0.1, -0.05) is 45.2 Å². The third-order valence-corrected chi connectivity index (χ3v) is 4.79. The van der Waals surface area contributed by atoms with Gasteiger partial charge in [0.2, 0.25) is 17.3 Å². The second-order valence-corrected chi connectivity index (χ2v) is 7.58. The van der Waals surface area contributed by atoms with Gasteiger partial charge in [0.15, 0.2) is 0 Å². The van der Waals surface area contributed by atoms with E-state index in [0.717, 1.165) is 6.21 Å². The van der Waals surface area contributed by atoms with Crippen molar-refractivity contribution in [3.63, 3.8) is 0 Å². The summed E-state index contributed by atoms with van der Waals surface area (Å²) in [5.41, 5.74) is 7.80. The zero-order valence-corrected chi connectivity index (χ0v) is 18.3. The van der Waals surface area contributed by atoms with Crippen molar-refractivity contribution in [2.24, 2.45) is 5.10 Å². The van der Waals surface area contributed by atoms with Gasteiger partial charge >= 0.3 is 5.69 Å². The van der Waals surface area contributed by atoms with Gasteiger partial charge in [0.1, 0.15) is 6.61 Å². The number of hydrazone groups is 1. The molecule has 0 bridgehead atoms. The molecule has 2 aromatic carbocycles. The average molecular weight is 530 g/mol. The molecule has 1 heterocycles. The van der Waals surface area contributed by atoms with Crippen molar-refractivity contribution >= 4 is 62.8 Å². The van der Waals surface area contributed by atoms with Crippen molar-refractivity contribution in [1.29, 1.82) is 0 Å². The van der Waals surface area contributed by atoms with Crippen LogP contribution in [0.5, 0.6) is 5.75 Å². The first kappa shape index (κ1) is 22.5. The Labute approximate surface area is 192 Å². The number of carbonyl (C=O) groups excluding carboxylic acids is 1. The molecule has 0 aliphatic heterocycles. The quantitative estimate of drug-likeness (QED) is 0.264. The third kappa shape index (κ3) is 5.48. The molecule has 1 aromatic heterocycles. The number of rotatable bonds is 7. The minimum atomic E-state index is -0.782. The molecule has 31 heavy (non-hydrogen) atoms. The summed E-state index contributed by atoms with van der Waals surface area (Å²) >= 11 is 15.2. The highest BCUT2D eigenvalue weighted by atomic mass is 79.9. The Balaban J connectivity index is 1.87. The number of amides is 1. The zero-order valence-electron chi connectivity index (χ0n) is 15.2. The van der Waals surface area contributed by atoms with Crippen molar-refractivity contribution in [3.8, 4) is 5.75 Å². The number of aromatic nitrogens is 2. The first-order chi connectivity index (χ1) is 14.8. The van der Waals surface area contributed by atoms with E-state index in [2.05, 4.69) is 41.4 Å². The fraction of sp³-hybridized carbons (Fsp3) is 0.0588. The standard InChI is InChI=1S/C17H11BrCl2N6O5/c18-10-3-9(6-22-23-17(27)14-16(21)25-31-24-14)15(13(4-10)26(28)29)30-7-8-1-2-11(19)5-12(8)20/h1-6H,7H2,(H2,21,25)(H,23,27). The summed E-state index contributed by atoms with van der Waals surface area (Å²) in [7, 11) is 0. The van der Waals surface area contributed by atoms with E-state index in [9.17, 15) is 14.9 Å². The van der Waals surface area contributed by atoms with E-state index in [1.807, 2.05) is 0 Å². The average Bonchev–Trinajstić information content (AvgIpc) is 3.13. The topological polar surface area (TPSA) is 159 Å². The van der Waals surface area contributed by atoms with Crippen molar-refractivity contribution in [2.45, 2.75) is 6.61 Å². The van der Waals surface area contributed by atoms with Crippen LogP contribution in [0, 0.1) is 10.1 Å². The van der Waals surface area contributed by atoms with E-state index in [1.165, 1.54) is 18.2 Å². The van der Waals surface area contributed by atoms with Gasteiger partial charge in [-0.3, -0.25) is 14.9 Å². The summed E-state index contributed by atoms with van der Waals surface area (Å²) in [4.78, 5) is 22.9. The van der Waals surface area contributed by atoms with Gasteiger partial charge < -0.3 is 10.5 Å². The first-order valence-electron chi connectivity index (χ1n) is 8.22. The number of benzene rings is 2. The number of anilines is 1. The lowest BCUT2D eigenvalue weighted by Crippen LogP contribution is -2.19. The van der Waals surface area contributed by atoms with E-state index in [4.69, 9.17) is 33.7 Å². The minimum Gasteiger partial charge on any atom is -0.481 e. The molecule has 0 saturated carbocycles. The van der Waals surface area contributed by atoms with Crippen LogP contribution >= 0.6 is 39.1 Å². The van der Waals surface area contributed by atoms with Crippen LogP contribution in [0.4, 0.5) is 11.5 Å². The maximum absolute atomic E-state index is 12.0. The molecule has 3 rings (SSSR count). The highest BCUT2D eigenvalue weighted by molar-refractivity contribution is 9.10. The normalized spacial score (nSPS) is 10.9. The summed E-state index contributed by atoms with van der Waals surface area (Å²) in [5.74, 6) is -1.08. The number of nitro benzene ring substituents is 1. The van der Waals surface area contributed by atoms with Crippen LogP contribution in [0.1, 0.15) is 21.6 Å². The molecule has 3 aromatic rings. The largest absolute Gasteiger partial charge is 0.481 e. The fourth-order valence-electron chi connectivity index (χ4n) is 2.34. The van der Waals surface area contributed by atoms with Crippen LogP contribution in [-0.2, 0) is 6.61 Å². The number of nitrogens with one attached hydrogen (secondary N) is 1. The van der Waals surface area contributed by atoms with Crippen molar-refractivity contribution < 1.29 is 19.1 Å². The molecule has 0 saturated heterocycles. The summed E-state index contributed by atoms with van der Waals surface area (Å²) in [6.45, 7) is -0.0766. The number of nitrogen functional groups attached to an aromatic ring is 1. The van der Waals surface area contributed by atoms with Gasteiger partial charge in [-0.15, -0.1) is 0 Å². The van der Waals surface area contributed by atoms with Crippen molar-refractivity contribution in [3.05, 3.63) is 71.8 Å². The number of nitrogens with zero attached hydrogens (tertiary/aromatic N) is 4. The molecule has 0 radical (unpaired) electrons. The molecule has 3 N–H and O–H groups in total. The summed E-state index contributed by atoms with van der Waals surface area (Å²) in [6.07, 6.45) is 1.16. The number of nitrogens with two attached hydrogens (primary N) is 1. The lowest BCUT2D eigenvalue weighted by atomic mass is 10.2. The molecule has 14 heteroatoms. The molecule has 0 unspecified atom stereocenters. The molecular weight excluding hydrogens is 519 g/mol. The van der Waals surface area contributed by atoms with Crippen LogP contribution in [0.15, 0.2) is 44.5 Å². The molecule has 1 amide bonds. The molecule has 0 aliphatic carbocycles. The monoisotopic (exact) mass is 528 g/mol. The first-order valence-corrected chi connectivity index (χ1v) is 9.77. The SMILES string of the molecule is Nc1nonc1C(=O)NN=Cc1cc(Br)cc([N+](=O)[O-])c1OCc1ccc(Cl)cc1Cl. The predicted octanol–water partition coefficient (Wildman–Crippen LogP) is 3.97. The van der Waals surface area contributed by atoms with Gasteiger partial charge in [-0.05, 0) is 28.5 Å². The molecule has 0 atom stereocenters. The van der Waals surface area contributed by atoms with E-state index >= 15 is 0 Å². The Hall–Kier alpha value is -3.22. The van der Waals surface area contributed by atoms with Crippen LogP contribution in [0.3, 0.4) is 0 Å². The van der Waals surface area contributed by atoms with E-state index in [-0.39, 0.29) is 35.1 Å². The third-order valence-electron chi connectivity index (χ3n) is 3.75. The second kappa shape index (κ2) is 9.73. The molecule has 0 fully saturated rings. The van der Waals surface area contributed by atoms with Crippen LogP contribution < -0.4 is 15.9 Å². The Morgan fingerprint density at radius 2 is 2.13 bits per heavy atom. The molecule has 0 aliphatic rings. The van der Waals surface area contributed by atoms with E-state index in [1.54, 1.807) is 12.1 Å². The highest BCUT2D eigenvalue weighted by Crippen LogP contribution is 2.35. The summed E-state index contributed by atoms with van der Waals surface area (Å²) in [6, 6.07) is 7.58. The Bertz CT molecular complexity index is 1190. The number of halogens is 3. The Morgan fingerprint density at radius 3 is 2.77 bits per heavy atom. The smallest absolute Gasteiger partial charge is 0.312 e. The number of nitro groups is 1. The number of carbonyl (C=O) groups is 1. The molecular formula is C17H11BrCl2N6O5. The van der Waals surface area contributed by atoms with Crippen molar-refractivity contribution in [1.82, 2.24) is 15.7 Å². The minimum absolute atomic E-state index is 0.0766. The molecule has 0 spiro atoms. The fourth-order valence-corrected chi connectivity index (χ4v) is 3.27. The van der Waals surface area contributed by atoms with Crippen molar-refractivity contribution in [2.75, 3.05) is 5.73 Å². The molecule has 160 valence electrons. The van der Waals surface area contributed by atoms with Crippen LogP contribution in [0.2, 0.25) is 10.0 Å². The van der Waals surface area contributed by atoms with Crippen LogP contribution in [-0.4, -0.2) is 27.4 Å². The maximum Gasteiger partial charge on any atom is 0.312 e. The number of hydrogen-bond donors (Lipinski definition) is 2. The predicted molar refractivity (Wildman–Crippen MR) is 115 cm³/mol.